The summed E-state index contributed by atoms with van der Waals surface area (Å²) >= 11 is 0. The topological polar surface area (TPSA) is 41.6 Å². The van der Waals surface area contributed by atoms with Gasteiger partial charge in [-0.1, -0.05) is 0 Å². The third-order valence-electron chi connectivity index (χ3n) is 3.98. The minimum Gasteiger partial charge on any atom is -0.493 e. The fourth-order valence-electron chi connectivity index (χ4n) is 2.84. The Morgan fingerprint density at radius 3 is 3.05 bits per heavy atom. The monoisotopic (exact) mass is 260 g/mol. The highest BCUT2D eigenvalue weighted by atomic mass is 16.5. The van der Waals surface area contributed by atoms with Crippen LogP contribution in [0.4, 0.5) is 0 Å². The van der Waals surface area contributed by atoms with Crippen LogP contribution in [0.5, 0.6) is 5.75 Å². The first kappa shape index (κ1) is 12.5. The van der Waals surface area contributed by atoms with E-state index in [1.54, 1.807) is 0 Å². The molecule has 3 rings (SSSR count). The Labute approximate surface area is 113 Å². The van der Waals surface area contributed by atoms with Gasteiger partial charge in [0.25, 0.3) is 5.91 Å². The second kappa shape index (κ2) is 4.53. The maximum absolute atomic E-state index is 12.7. The van der Waals surface area contributed by atoms with Gasteiger partial charge in [0.05, 0.1) is 12.1 Å². The first-order valence-electron chi connectivity index (χ1n) is 6.86. The Morgan fingerprint density at radius 1 is 1.42 bits per heavy atom. The number of ether oxygens (including phenoxy) is 1. The maximum Gasteiger partial charge on any atom is 0.254 e. The first-order valence-corrected chi connectivity index (χ1v) is 6.86. The fourth-order valence-corrected chi connectivity index (χ4v) is 2.84. The number of amides is 1. The molecule has 0 bridgehead atoms. The van der Waals surface area contributed by atoms with Crippen LogP contribution in [0.15, 0.2) is 18.2 Å². The average molecular weight is 260 g/mol. The van der Waals surface area contributed by atoms with Crippen molar-refractivity contribution in [1.82, 2.24) is 10.2 Å². The molecule has 0 unspecified atom stereocenters. The molecule has 0 atom stereocenters. The number of rotatable bonds is 1. The van der Waals surface area contributed by atoms with Crippen molar-refractivity contribution in [3.63, 3.8) is 0 Å². The number of carbonyl (C=O) groups is 1. The normalized spacial score (nSPS) is 20.8. The average Bonchev–Trinajstić information content (AvgIpc) is 2.84. The highest BCUT2D eigenvalue weighted by Crippen LogP contribution is 2.27. The van der Waals surface area contributed by atoms with E-state index >= 15 is 0 Å². The molecular formula is C15H20N2O2. The Hall–Kier alpha value is -1.55. The Kier molecular flexibility index (Phi) is 2.97. The van der Waals surface area contributed by atoms with Crippen LogP contribution < -0.4 is 10.1 Å². The molecule has 0 radical (unpaired) electrons. The van der Waals surface area contributed by atoms with Gasteiger partial charge in [-0.15, -0.1) is 0 Å². The lowest BCUT2D eigenvalue weighted by Gasteiger charge is -2.42. The molecule has 2 heterocycles. The molecule has 1 aromatic rings. The summed E-state index contributed by atoms with van der Waals surface area (Å²) in [5, 5.41) is 3.34. The first-order chi connectivity index (χ1) is 9.08. The predicted octanol–water partition coefficient (Wildman–Crippen LogP) is 1.45. The highest BCUT2D eigenvalue weighted by molar-refractivity contribution is 5.95. The van der Waals surface area contributed by atoms with Gasteiger partial charge < -0.3 is 15.0 Å². The van der Waals surface area contributed by atoms with Gasteiger partial charge in [0.15, 0.2) is 0 Å². The van der Waals surface area contributed by atoms with Crippen LogP contribution in [0.25, 0.3) is 0 Å². The molecule has 2 aliphatic heterocycles. The summed E-state index contributed by atoms with van der Waals surface area (Å²) in [6, 6.07) is 5.79. The minimum absolute atomic E-state index is 0.126. The molecule has 0 saturated carbocycles. The van der Waals surface area contributed by atoms with Crippen LogP contribution in [-0.2, 0) is 6.42 Å². The van der Waals surface area contributed by atoms with Crippen LogP contribution >= 0.6 is 0 Å². The lowest BCUT2D eigenvalue weighted by molar-refractivity contribution is 0.0477. The van der Waals surface area contributed by atoms with E-state index in [0.717, 1.165) is 49.5 Å². The molecule has 2 aliphatic rings. The van der Waals surface area contributed by atoms with E-state index in [4.69, 9.17) is 4.74 Å². The van der Waals surface area contributed by atoms with Crippen LogP contribution in [0.3, 0.4) is 0 Å². The molecule has 1 aromatic carbocycles. The van der Waals surface area contributed by atoms with E-state index < -0.39 is 0 Å². The summed E-state index contributed by atoms with van der Waals surface area (Å²) in [5.74, 6) is 1.05. The smallest absolute Gasteiger partial charge is 0.254 e. The lowest BCUT2D eigenvalue weighted by Crippen LogP contribution is -2.59. The zero-order valence-corrected chi connectivity index (χ0v) is 11.5. The number of hydrogen-bond acceptors (Lipinski definition) is 3. The van der Waals surface area contributed by atoms with Crippen molar-refractivity contribution in [1.29, 1.82) is 0 Å². The summed E-state index contributed by atoms with van der Waals surface area (Å²) in [4.78, 5) is 14.6. The number of fused-ring (bicyclic) bond motifs is 1. The number of carbonyl (C=O) groups excluding carboxylic acids is 1. The molecular weight excluding hydrogens is 240 g/mol. The van der Waals surface area contributed by atoms with Crippen molar-refractivity contribution in [3.8, 4) is 5.75 Å². The van der Waals surface area contributed by atoms with E-state index in [1.165, 1.54) is 0 Å². The molecule has 1 fully saturated rings. The summed E-state index contributed by atoms with van der Waals surface area (Å²) in [6.07, 6.45) is 0.904. The number of hydrogen-bond donors (Lipinski definition) is 1. The highest BCUT2D eigenvalue weighted by Gasteiger charge is 2.33. The quantitative estimate of drug-likeness (QED) is 0.831. The van der Waals surface area contributed by atoms with Crippen LogP contribution in [0.2, 0.25) is 0 Å². The summed E-state index contributed by atoms with van der Waals surface area (Å²) < 4.78 is 5.48. The Balaban J connectivity index is 1.87. The maximum atomic E-state index is 12.7. The molecule has 4 nitrogen and oxygen atoms in total. The van der Waals surface area contributed by atoms with Crippen molar-refractivity contribution < 1.29 is 9.53 Å². The molecule has 1 N–H and O–H groups in total. The van der Waals surface area contributed by atoms with Crippen molar-refractivity contribution in [2.75, 3.05) is 26.2 Å². The van der Waals surface area contributed by atoms with E-state index in [2.05, 4.69) is 19.2 Å². The van der Waals surface area contributed by atoms with Crippen LogP contribution in [0.1, 0.15) is 29.8 Å². The number of benzene rings is 1. The zero-order chi connectivity index (χ0) is 13.5. The van der Waals surface area contributed by atoms with Gasteiger partial charge >= 0.3 is 0 Å². The molecule has 0 aliphatic carbocycles. The largest absolute Gasteiger partial charge is 0.493 e. The standard InChI is InChI=1S/C15H20N2O2/c1-15(2)10-16-6-7-17(15)14(18)12-3-4-13-11(9-12)5-8-19-13/h3-4,9,16H,5-8,10H2,1-2H3. The van der Waals surface area contributed by atoms with E-state index in [0.29, 0.717) is 0 Å². The summed E-state index contributed by atoms with van der Waals surface area (Å²) in [6.45, 7) is 7.41. The molecule has 102 valence electrons. The second-order valence-electron chi connectivity index (χ2n) is 5.87. The van der Waals surface area contributed by atoms with Gasteiger partial charge in [0, 0.05) is 31.6 Å². The number of nitrogens with zero attached hydrogens (tertiary/aromatic N) is 1. The SMILES string of the molecule is CC1(C)CNCCN1C(=O)c1ccc2c(c1)CCO2. The van der Waals surface area contributed by atoms with Crippen molar-refractivity contribution in [2.24, 2.45) is 0 Å². The van der Waals surface area contributed by atoms with Crippen molar-refractivity contribution >= 4 is 5.91 Å². The molecule has 4 heteroatoms. The van der Waals surface area contributed by atoms with E-state index in [-0.39, 0.29) is 11.4 Å². The van der Waals surface area contributed by atoms with Crippen molar-refractivity contribution in [2.45, 2.75) is 25.8 Å². The Bertz CT molecular complexity index is 511. The molecule has 1 saturated heterocycles. The third-order valence-corrected chi connectivity index (χ3v) is 3.98. The number of piperazine rings is 1. The van der Waals surface area contributed by atoms with Crippen molar-refractivity contribution in [3.05, 3.63) is 29.3 Å². The van der Waals surface area contributed by atoms with Gasteiger partial charge in [0.2, 0.25) is 0 Å². The summed E-state index contributed by atoms with van der Waals surface area (Å²) in [7, 11) is 0. The predicted molar refractivity (Wildman–Crippen MR) is 73.6 cm³/mol. The third kappa shape index (κ3) is 2.21. The van der Waals surface area contributed by atoms with Gasteiger partial charge in [-0.05, 0) is 37.6 Å². The molecule has 19 heavy (non-hydrogen) atoms. The van der Waals surface area contributed by atoms with E-state index in [9.17, 15) is 4.79 Å². The van der Waals surface area contributed by atoms with Gasteiger partial charge in [-0.25, -0.2) is 0 Å². The van der Waals surface area contributed by atoms with Crippen LogP contribution in [0, 0.1) is 0 Å². The van der Waals surface area contributed by atoms with Gasteiger partial charge in [0.1, 0.15) is 5.75 Å². The summed E-state index contributed by atoms with van der Waals surface area (Å²) in [5.41, 5.74) is 1.79. The Morgan fingerprint density at radius 2 is 2.26 bits per heavy atom. The zero-order valence-electron chi connectivity index (χ0n) is 11.5. The minimum atomic E-state index is -0.134. The molecule has 0 spiro atoms. The van der Waals surface area contributed by atoms with Crippen LogP contribution in [-0.4, -0.2) is 42.6 Å². The van der Waals surface area contributed by atoms with Gasteiger partial charge in [-0.3, -0.25) is 4.79 Å². The fraction of sp³-hybridized carbons (Fsp3) is 0.533. The molecule has 0 aromatic heterocycles. The lowest BCUT2D eigenvalue weighted by atomic mass is 9.98. The van der Waals surface area contributed by atoms with Gasteiger partial charge in [-0.2, -0.15) is 0 Å². The number of nitrogens with one attached hydrogen (secondary N) is 1. The molecule has 1 amide bonds. The second-order valence-corrected chi connectivity index (χ2v) is 5.87. The van der Waals surface area contributed by atoms with E-state index in [1.807, 2.05) is 23.1 Å².